The van der Waals surface area contributed by atoms with Gasteiger partial charge in [0.25, 0.3) is 0 Å². The Morgan fingerprint density at radius 1 is 1.14 bits per heavy atom. The molecule has 0 aromatic heterocycles. The normalized spacial score (nSPS) is 27.8. The molecule has 1 atom stereocenters. The monoisotopic (exact) mass is 294 g/mol. The number of amides is 2. The molecule has 1 N–H and O–H groups in total. The second kappa shape index (κ2) is 5.98. The van der Waals surface area contributed by atoms with Crippen LogP contribution in [0.1, 0.15) is 72.6 Å². The molecule has 0 spiro atoms. The first-order chi connectivity index (χ1) is 9.91. The van der Waals surface area contributed by atoms with Gasteiger partial charge >= 0.3 is 0 Å². The Labute approximate surface area is 128 Å². The minimum absolute atomic E-state index is 0.0300. The summed E-state index contributed by atoms with van der Waals surface area (Å²) in [6.45, 7) is 8.98. The van der Waals surface area contributed by atoms with E-state index in [1.807, 2.05) is 25.7 Å². The Hall–Kier alpha value is -1.06. The fourth-order valence-electron chi connectivity index (χ4n) is 4.05. The summed E-state index contributed by atoms with van der Waals surface area (Å²) in [5.41, 5.74) is -0.494. The lowest BCUT2D eigenvalue weighted by Crippen LogP contribution is -2.70. The van der Waals surface area contributed by atoms with Gasteiger partial charge in [-0.15, -0.1) is 0 Å². The molecule has 1 heterocycles. The van der Waals surface area contributed by atoms with Gasteiger partial charge in [-0.25, -0.2) is 0 Å². The molecular formula is C17H30N2O2. The van der Waals surface area contributed by atoms with Crippen LogP contribution in [0.2, 0.25) is 0 Å². The van der Waals surface area contributed by atoms with Crippen LogP contribution in [0.3, 0.4) is 0 Å². The van der Waals surface area contributed by atoms with E-state index in [2.05, 4.69) is 12.2 Å². The number of hydrogen-bond donors (Lipinski definition) is 1. The summed E-state index contributed by atoms with van der Waals surface area (Å²) >= 11 is 0. The van der Waals surface area contributed by atoms with Gasteiger partial charge in [-0.2, -0.15) is 0 Å². The number of nitrogens with one attached hydrogen (secondary N) is 1. The third kappa shape index (κ3) is 2.82. The van der Waals surface area contributed by atoms with Crippen LogP contribution in [0.5, 0.6) is 0 Å². The van der Waals surface area contributed by atoms with Crippen molar-refractivity contribution in [3.8, 4) is 0 Å². The van der Waals surface area contributed by atoms with Gasteiger partial charge in [-0.05, 0) is 37.5 Å². The summed E-state index contributed by atoms with van der Waals surface area (Å²) < 4.78 is 0. The van der Waals surface area contributed by atoms with Crippen molar-refractivity contribution in [3.63, 3.8) is 0 Å². The molecule has 1 saturated heterocycles. The number of rotatable bonds is 5. The van der Waals surface area contributed by atoms with Crippen molar-refractivity contribution in [1.82, 2.24) is 10.2 Å². The molecule has 1 aliphatic carbocycles. The Balaban J connectivity index is 2.28. The van der Waals surface area contributed by atoms with Gasteiger partial charge in [0, 0.05) is 6.54 Å². The van der Waals surface area contributed by atoms with Crippen molar-refractivity contribution in [1.29, 1.82) is 0 Å². The average molecular weight is 294 g/mol. The van der Waals surface area contributed by atoms with Crippen LogP contribution in [0.4, 0.5) is 0 Å². The molecule has 4 nitrogen and oxygen atoms in total. The Morgan fingerprint density at radius 2 is 1.71 bits per heavy atom. The van der Waals surface area contributed by atoms with Gasteiger partial charge in [0.2, 0.25) is 11.8 Å². The van der Waals surface area contributed by atoms with E-state index in [1.54, 1.807) is 0 Å². The van der Waals surface area contributed by atoms with Crippen LogP contribution in [-0.4, -0.2) is 34.8 Å². The minimum atomic E-state index is -0.683. The smallest absolute Gasteiger partial charge is 0.249 e. The first-order valence-electron chi connectivity index (χ1n) is 8.54. The Kier molecular flexibility index (Phi) is 4.64. The third-order valence-electron chi connectivity index (χ3n) is 5.67. The number of nitrogens with zero attached hydrogens (tertiary/aromatic N) is 1. The van der Waals surface area contributed by atoms with E-state index in [0.717, 1.165) is 6.54 Å². The molecule has 120 valence electrons. The standard InChI is InChI=1S/C17H30N2O2/c1-5-13-14(20)18-17(6-2,7-3)15(21)19(13)12-16(4)10-8-9-11-16/h13H,5-12H2,1-4H3,(H,18,20). The lowest BCUT2D eigenvalue weighted by Gasteiger charge is -2.47. The van der Waals surface area contributed by atoms with Crippen molar-refractivity contribution in [3.05, 3.63) is 0 Å². The molecule has 0 aromatic rings. The number of piperazine rings is 1. The highest BCUT2D eigenvalue weighted by molar-refractivity contribution is 5.99. The molecular weight excluding hydrogens is 264 g/mol. The molecule has 2 rings (SSSR count). The van der Waals surface area contributed by atoms with Gasteiger partial charge < -0.3 is 10.2 Å². The van der Waals surface area contributed by atoms with Crippen molar-refractivity contribution in [2.24, 2.45) is 5.41 Å². The maximum atomic E-state index is 13.1. The number of hydrogen-bond acceptors (Lipinski definition) is 2. The van der Waals surface area contributed by atoms with Crippen LogP contribution >= 0.6 is 0 Å². The van der Waals surface area contributed by atoms with Crippen molar-refractivity contribution < 1.29 is 9.59 Å². The molecule has 2 amide bonds. The van der Waals surface area contributed by atoms with Crippen molar-refractivity contribution in [2.45, 2.75) is 84.2 Å². The van der Waals surface area contributed by atoms with Crippen LogP contribution in [0.15, 0.2) is 0 Å². The molecule has 1 saturated carbocycles. The molecule has 0 aromatic carbocycles. The lowest BCUT2D eigenvalue weighted by molar-refractivity contribution is -0.157. The Bertz CT molecular complexity index is 409. The van der Waals surface area contributed by atoms with E-state index in [4.69, 9.17) is 0 Å². The predicted molar refractivity (Wildman–Crippen MR) is 83.8 cm³/mol. The van der Waals surface area contributed by atoms with Crippen molar-refractivity contribution in [2.75, 3.05) is 6.54 Å². The quantitative estimate of drug-likeness (QED) is 0.847. The van der Waals surface area contributed by atoms with Crippen LogP contribution in [0.25, 0.3) is 0 Å². The lowest BCUT2D eigenvalue weighted by atomic mass is 9.83. The first-order valence-corrected chi connectivity index (χ1v) is 8.54. The molecule has 1 aliphatic heterocycles. The third-order valence-corrected chi connectivity index (χ3v) is 5.67. The molecule has 2 fully saturated rings. The van der Waals surface area contributed by atoms with E-state index < -0.39 is 5.54 Å². The number of carbonyl (C=O) groups excluding carboxylic acids is 2. The van der Waals surface area contributed by atoms with Crippen LogP contribution in [0, 0.1) is 5.41 Å². The van der Waals surface area contributed by atoms with Gasteiger partial charge in [0.05, 0.1) is 0 Å². The highest BCUT2D eigenvalue weighted by Crippen LogP contribution is 2.40. The number of carbonyl (C=O) groups is 2. The molecule has 2 aliphatic rings. The van der Waals surface area contributed by atoms with Crippen LogP contribution in [-0.2, 0) is 9.59 Å². The van der Waals surface area contributed by atoms with Gasteiger partial charge in [-0.1, -0.05) is 40.5 Å². The summed E-state index contributed by atoms with van der Waals surface area (Å²) in [6.07, 6.45) is 6.84. The summed E-state index contributed by atoms with van der Waals surface area (Å²) in [4.78, 5) is 27.5. The van der Waals surface area contributed by atoms with E-state index in [0.29, 0.717) is 19.3 Å². The maximum Gasteiger partial charge on any atom is 0.249 e. The molecule has 4 heteroatoms. The highest BCUT2D eigenvalue weighted by Gasteiger charge is 2.49. The summed E-state index contributed by atoms with van der Waals surface area (Å²) in [5, 5.41) is 3.02. The molecule has 21 heavy (non-hydrogen) atoms. The van der Waals surface area contributed by atoms with Gasteiger partial charge in [0.1, 0.15) is 11.6 Å². The van der Waals surface area contributed by atoms with E-state index >= 15 is 0 Å². The minimum Gasteiger partial charge on any atom is -0.340 e. The Morgan fingerprint density at radius 3 is 2.19 bits per heavy atom. The fourth-order valence-corrected chi connectivity index (χ4v) is 4.05. The summed E-state index contributed by atoms with van der Waals surface area (Å²) in [5.74, 6) is 0.162. The fraction of sp³-hybridized carbons (Fsp3) is 0.882. The predicted octanol–water partition coefficient (Wildman–Crippen LogP) is 2.86. The second-order valence-electron chi connectivity index (χ2n) is 7.15. The molecule has 0 bridgehead atoms. The zero-order valence-corrected chi connectivity index (χ0v) is 14.0. The van der Waals surface area contributed by atoms with E-state index in [9.17, 15) is 9.59 Å². The second-order valence-corrected chi connectivity index (χ2v) is 7.15. The van der Waals surface area contributed by atoms with Crippen LogP contribution < -0.4 is 5.32 Å². The maximum absolute atomic E-state index is 13.1. The van der Waals surface area contributed by atoms with Crippen molar-refractivity contribution >= 4 is 11.8 Å². The topological polar surface area (TPSA) is 49.4 Å². The molecule has 1 unspecified atom stereocenters. The highest BCUT2D eigenvalue weighted by atomic mass is 16.2. The van der Waals surface area contributed by atoms with E-state index in [1.165, 1.54) is 25.7 Å². The largest absolute Gasteiger partial charge is 0.340 e. The summed E-state index contributed by atoms with van der Waals surface area (Å²) in [6, 6.07) is -0.291. The van der Waals surface area contributed by atoms with E-state index in [-0.39, 0.29) is 23.3 Å². The summed E-state index contributed by atoms with van der Waals surface area (Å²) in [7, 11) is 0. The zero-order chi connectivity index (χ0) is 15.7. The SMILES string of the molecule is CCC1C(=O)NC(CC)(CC)C(=O)N1CC1(C)CCCC1. The zero-order valence-electron chi connectivity index (χ0n) is 14.0. The molecule has 0 radical (unpaired) electrons. The average Bonchev–Trinajstić information content (AvgIpc) is 2.89. The van der Waals surface area contributed by atoms with Gasteiger partial charge in [0.15, 0.2) is 0 Å². The van der Waals surface area contributed by atoms with Gasteiger partial charge in [-0.3, -0.25) is 9.59 Å². The first kappa shape index (κ1) is 16.3.